The Morgan fingerprint density at radius 2 is 1.97 bits per heavy atom. The third-order valence-corrected chi connectivity index (χ3v) is 7.31. The van der Waals surface area contributed by atoms with Crippen molar-refractivity contribution < 1.29 is 14.3 Å². The number of aryl methyl sites for hydroxylation is 3. The summed E-state index contributed by atoms with van der Waals surface area (Å²) in [5, 5.41) is 7.95. The van der Waals surface area contributed by atoms with Crippen molar-refractivity contribution in [2.24, 2.45) is 13.0 Å². The lowest BCUT2D eigenvalue weighted by Gasteiger charge is -2.25. The third kappa shape index (κ3) is 4.53. The minimum absolute atomic E-state index is 0.111. The number of ketones is 1. The zero-order chi connectivity index (χ0) is 26.4. The molecule has 1 N–H and O–H groups in total. The minimum Gasteiger partial charge on any atom is -0.494 e. The smallest absolute Gasteiger partial charge is 0.164 e. The van der Waals surface area contributed by atoms with Crippen LogP contribution in [0.25, 0.3) is 22.6 Å². The molecule has 6 rings (SSSR count). The van der Waals surface area contributed by atoms with E-state index < -0.39 is 0 Å². The van der Waals surface area contributed by atoms with Gasteiger partial charge in [0.05, 0.1) is 29.7 Å². The maximum absolute atomic E-state index is 12.8. The fourth-order valence-corrected chi connectivity index (χ4v) is 5.33. The lowest BCUT2D eigenvalue weighted by Crippen LogP contribution is -2.19. The van der Waals surface area contributed by atoms with Crippen molar-refractivity contribution in [1.82, 2.24) is 29.3 Å². The molecule has 2 fully saturated rings. The van der Waals surface area contributed by atoms with Crippen molar-refractivity contribution in [1.29, 1.82) is 0 Å². The summed E-state index contributed by atoms with van der Waals surface area (Å²) in [6.45, 7) is 4.57. The fraction of sp³-hybridized carbons (Fsp3) is 0.464. The van der Waals surface area contributed by atoms with Crippen LogP contribution in [-0.2, 0) is 23.0 Å². The number of carbonyl (C=O) groups is 1. The molecule has 1 saturated carbocycles. The molecular weight excluding hydrogens is 482 g/mol. The zero-order valence-corrected chi connectivity index (χ0v) is 22.3. The number of anilines is 2. The Balaban J connectivity index is 1.46. The number of hydrogen-bond donors (Lipinski definition) is 1. The minimum atomic E-state index is -0.111. The van der Waals surface area contributed by atoms with Crippen LogP contribution in [0.3, 0.4) is 0 Å². The van der Waals surface area contributed by atoms with E-state index in [0.29, 0.717) is 23.8 Å². The van der Waals surface area contributed by atoms with Crippen LogP contribution in [0.4, 0.5) is 11.4 Å². The van der Waals surface area contributed by atoms with Gasteiger partial charge in [-0.25, -0.2) is 19.6 Å². The van der Waals surface area contributed by atoms with Crippen LogP contribution < -0.4 is 10.1 Å². The quantitative estimate of drug-likeness (QED) is 0.356. The van der Waals surface area contributed by atoms with Crippen molar-refractivity contribution in [3.8, 4) is 17.1 Å². The molecule has 1 saturated heterocycles. The van der Waals surface area contributed by atoms with E-state index in [4.69, 9.17) is 19.4 Å². The summed E-state index contributed by atoms with van der Waals surface area (Å²) >= 11 is 0. The number of carbonyl (C=O) groups excluding carboxylic acids is 1. The largest absolute Gasteiger partial charge is 0.494 e. The highest BCUT2D eigenvalue weighted by Gasteiger charge is 2.30. The molecular formula is C28H33N7O3. The number of imidazole rings is 1. The number of methoxy groups -OCH3 is 1. The Labute approximate surface area is 221 Å². The number of rotatable bonds is 8. The number of nitrogens with zero attached hydrogens (tertiary/aromatic N) is 6. The van der Waals surface area contributed by atoms with Gasteiger partial charge in [-0.05, 0) is 64.2 Å². The van der Waals surface area contributed by atoms with Crippen molar-refractivity contribution >= 4 is 28.3 Å². The topological polar surface area (TPSA) is 109 Å². The Hall–Kier alpha value is -3.79. The number of nitrogens with one attached hydrogen (secondary N) is 1. The number of fused-ring (bicyclic) bond motifs is 1. The molecule has 2 aliphatic rings. The molecule has 3 aromatic heterocycles. The van der Waals surface area contributed by atoms with Gasteiger partial charge in [0.1, 0.15) is 29.2 Å². The van der Waals surface area contributed by atoms with Crippen molar-refractivity contribution in [3.63, 3.8) is 0 Å². The molecule has 0 spiro atoms. The molecule has 0 bridgehead atoms. The number of para-hydroxylation sites is 1. The van der Waals surface area contributed by atoms with Crippen molar-refractivity contribution in [2.75, 3.05) is 19.0 Å². The third-order valence-electron chi connectivity index (χ3n) is 7.31. The van der Waals surface area contributed by atoms with E-state index in [1.54, 1.807) is 11.8 Å². The maximum Gasteiger partial charge on any atom is 0.164 e. The van der Waals surface area contributed by atoms with Gasteiger partial charge < -0.3 is 14.8 Å². The first kappa shape index (κ1) is 24.5. The van der Waals surface area contributed by atoms with E-state index in [2.05, 4.69) is 20.0 Å². The molecule has 1 aromatic carbocycles. The standard InChI is InChI=1S/C28H33N7O3/c1-16-29-27(34(3)33-16)20-8-7-9-21(26(20)37-4)32-22-14-19(15-23(36)18-11-12-18)31-28-25(22)30-17(2)35(28)24-10-5-6-13-38-24/h7-9,14,18,24H,5-6,10-13,15H2,1-4H3,(H,31,32). The summed E-state index contributed by atoms with van der Waals surface area (Å²) in [6.07, 6.45) is 5.22. The highest BCUT2D eigenvalue weighted by atomic mass is 16.5. The molecule has 1 aliphatic heterocycles. The van der Waals surface area contributed by atoms with E-state index in [-0.39, 0.29) is 17.9 Å². The van der Waals surface area contributed by atoms with Crippen molar-refractivity contribution in [3.05, 3.63) is 41.6 Å². The van der Waals surface area contributed by atoms with E-state index in [9.17, 15) is 4.79 Å². The summed E-state index contributed by atoms with van der Waals surface area (Å²) in [6, 6.07) is 7.83. The summed E-state index contributed by atoms with van der Waals surface area (Å²) in [7, 11) is 3.52. The summed E-state index contributed by atoms with van der Waals surface area (Å²) in [5.74, 6) is 3.31. The first-order chi connectivity index (χ1) is 18.4. The normalized spacial score (nSPS) is 17.6. The maximum atomic E-state index is 12.8. The first-order valence-electron chi connectivity index (χ1n) is 13.3. The molecule has 38 heavy (non-hydrogen) atoms. The Morgan fingerprint density at radius 1 is 1.13 bits per heavy atom. The predicted octanol–water partition coefficient (Wildman–Crippen LogP) is 4.82. The monoisotopic (exact) mass is 515 g/mol. The predicted molar refractivity (Wildman–Crippen MR) is 144 cm³/mol. The second-order valence-electron chi connectivity index (χ2n) is 10.2. The van der Waals surface area contributed by atoms with Gasteiger partial charge in [-0.3, -0.25) is 9.36 Å². The second kappa shape index (κ2) is 9.83. The summed E-state index contributed by atoms with van der Waals surface area (Å²) < 4.78 is 15.8. The van der Waals surface area contributed by atoms with Crippen molar-refractivity contribution in [2.45, 2.75) is 58.6 Å². The molecule has 198 valence electrons. The molecule has 4 aromatic rings. The molecule has 0 amide bonds. The van der Waals surface area contributed by atoms with Gasteiger partial charge in [-0.2, -0.15) is 5.10 Å². The summed E-state index contributed by atoms with van der Waals surface area (Å²) in [4.78, 5) is 27.2. The number of Topliss-reactive ketones (excluding diaryl/α,β-unsaturated/α-hetero) is 1. The fourth-order valence-electron chi connectivity index (χ4n) is 5.33. The van der Waals surface area contributed by atoms with E-state index in [1.165, 1.54) is 0 Å². The van der Waals surface area contributed by atoms with Crippen LogP contribution in [0.1, 0.15) is 55.7 Å². The van der Waals surface area contributed by atoms with E-state index in [0.717, 1.165) is 78.3 Å². The number of pyridine rings is 1. The molecule has 4 heterocycles. The molecule has 1 atom stereocenters. The number of aromatic nitrogens is 6. The highest BCUT2D eigenvalue weighted by molar-refractivity contribution is 5.92. The van der Waals surface area contributed by atoms with Gasteiger partial charge in [0.15, 0.2) is 17.2 Å². The highest BCUT2D eigenvalue weighted by Crippen LogP contribution is 2.39. The van der Waals surface area contributed by atoms with Gasteiger partial charge in [-0.1, -0.05) is 6.07 Å². The average molecular weight is 516 g/mol. The molecule has 10 heteroatoms. The molecule has 1 aliphatic carbocycles. The Bertz CT molecular complexity index is 1510. The van der Waals surface area contributed by atoms with Crippen LogP contribution in [-0.4, -0.2) is 48.8 Å². The van der Waals surface area contributed by atoms with E-state index >= 15 is 0 Å². The van der Waals surface area contributed by atoms with Crippen LogP contribution in [0.2, 0.25) is 0 Å². The average Bonchev–Trinajstić information content (AvgIpc) is 3.63. The number of hydrogen-bond acceptors (Lipinski definition) is 8. The van der Waals surface area contributed by atoms with Gasteiger partial charge in [0.2, 0.25) is 0 Å². The summed E-state index contributed by atoms with van der Waals surface area (Å²) in [5.41, 5.74) is 4.56. The van der Waals surface area contributed by atoms with Gasteiger partial charge in [0.25, 0.3) is 0 Å². The SMILES string of the molecule is COc1c(Nc2cc(CC(=O)C3CC3)nc3c2nc(C)n3C2CCCCO2)cccc1-c1nc(C)nn1C. The molecule has 10 nitrogen and oxygen atoms in total. The second-order valence-corrected chi connectivity index (χ2v) is 10.2. The first-order valence-corrected chi connectivity index (χ1v) is 13.3. The van der Waals surface area contributed by atoms with Crippen LogP contribution in [0, 0.1) is 19.8 Å². The lowest BCUT2D eigenvalue weighted by molar-refractivity contribution is -0.119. The van der Waals surface area contributed by atoms with Gasteiger partial charge in [0, 0.05) is 26.0 Å². The zero-order valence-electron chi connectivity index (χ0n) is 22.3. The number of ether oxygens (including phenoxy) is 2. The van der Waals surface area contributed by atoms with Crippen LogP contribution >= 0.6 is 0 Å². The van der Waals surface area contributed by atoms with E-state index in [1.807, 2.05) is 45.2 Å². The molecule has 1 unspecified atom stereocenters. The Morgan fingerprint density at radius 3 is 2.66 bits per heavy atom. The lowest BCUT2D eigenvalue weighted by atomic mass is 10.1. The molecule has 0 radical (unpaired) electrons. The van der Waals surface area contributed by atoms with Gasteiger partial charge >= 0.3 is 0 Å². The Kier molecular flexibility index (Phi) is 6.35. The van der Waals surface area contributed by atoms with Gasteiger partial charge in [-0.15, -0.1) is 0 Å². The van der Waals surface area contributed by atoms with Crippen LogP contribution in [0.5, 0.6) is 5.75 Å². The van der Waals surface area contributed by atoms with Crippen LogP contribution in [0.15, 0.2) is 24.3 Å². The number of benzene rings is 1.